The van der Waals surface area contributed by atoms with Gasteiger partial charge in [-0.3, -0.25) is 4.68 Å². The highest BCUT2D eigenvalue weighted by atomic mass is 35.5. The van der Waals surface area contributed by atoms with Crippen molar-refractivity contribution in [3.05, 3.63) is 52.0 Å². The number of thioether (sulfide) groups is 1. The Hall–Kier alpha value is -2.33. The molecule has 7 nitrogen and oxygen atoms in total. The van der Waals surface area contributed by atoms with Gasteiger partial charge in [-0.25, -0.2) is 9.78 Å². The van der Waals surface area contributed by atoms with Crippen molar-refractivity contribution in [2.24, 2.45) is 7.05 Å². The van der Waals surface area contributed by atoms with Crippen LogP contribution in [0, 0.1) is 6.92 Å². The summed E-state index contributed by atoms with van der Waals surface area (Å²) < 4.78 is 3.97. The highest BCUT2D eigenvalue weighted by molar-refractivity contribution is 8.01. The molecule has 0 atom stereocenters. The summed E-state index contributed by atoms with van der Waals surface area (Å²) in [7, 11) is 1.78. The van der Waals surface area contributed by atoms with Gasteiger partial charge in [0.05, 0.1) is 31.8 Å². The van der Waals surface area contributed by atoms with Gasteiger partial charge in [0, 0.05) is 35.2 Å². The van der Waals surface area contributed by atoms with Gasteiger partial charge in [0.25, 0.3) is 0 Å². The number of aromatic nitrogens is 5. The molecular weight excluding hydrogens is 489 g/mol. The van der Waals surface area contributed by atoms with Crippen molar-refractivity contribution in [3.8, 4) is 27.5 Å². The average Bonchev–Trinajstić information content (AvgIpc) is 3.40. The zero-order valence-corrected chi connectivity index (χ0v) is 20.8. The molecule has 1 aromatic carbocycles. The van der Waals surface area contributed by atoms with Crippen molar-refractivity contribution in [2.75, 3.05) is 0 Å². The number of carboxylic acid groups (broad SMARTS) is 1. The summed E-state index contributed by atoms with van der Waals surface area (Å²) in [5, 5.41) is 20.4. The van der Waals surface area contributed by atoms with Gasteiger partial charge in [-0.15, -0.1) is 11.8 Å². The number of aromatic carboxylic acids is 1. The van der Waals surface area contributed by atoms with Crippen LogP contribution in [0.4, 0.5) is 0 Å². The Kier molecular flexibility index (Phi) is 6.35. The SMILES string of the molecule is Cc1nn(-c2nc(-c3ccc(Cl)c(Cl)c3)c(SC(C)C)s2)c(C(=O)O)c1-c1cnn(C)c1. The predicted molar refractivity (Wildman–Crippen MR) is 130 cm³/mol. The van der Waals surface area contributed by atoms with Crippen molar-refractivity contribution in [1.29, 1.82) is 0 Å². The first-order chi connectivity index (χ1) is 15.2. The van der Waals surface area contributed by atoms with Crippen molar-refractivity contribution >= 4 is 52.3 Å². The van der Waals surface area contributed by atoms with Gasteiger partial charge in [-0.1, -0.05) is 54.5 Å². The fraction of sp³-hybridized carbons (Fsp3) is 0.238. The number of thiazole rings is 1. The Morgan fingerprint density at radius 2 is 1.97 bits per heavy atom. The Morgan fingerprint density at radius 3 is 2.56 bits per heavy atom. The molecular formula is C21H19Cl2N5O2S2. The number of hydrogen-bond acceptors (Lipinski definition) is 6. The van der Waals surface area contributed by atoms with Crippen molar-refractivity contribution < 1.29 is 9.90 Å². The Labute approximate surface area is 203 Å². The maximum atomic E-state index is 12.3. The second kappa shape index (κ2) is 8.90. The number of benzene rings is 1. The van der Waals surface area contributed by atoms with E-state index >= 15 is 0 Å². The summed E-state index contributed by atoms with van der Waals surface area (Å²) in [4.78, 5) is 17.1. The molecule has 4 rings (SSSR count). The molecule has 0 saturated heterocycles. The molecule has 3 heterocycles. The number of aryl methyl sites for hydroxylation is 2. The number of carbonyl (C=O) groups is 1. The third-order valence-electron chi connectivity index (χ3n) is 4.56. The van der Waals surface area contributed by atoms with Crippen LogP contribution in [0.3, 0.4) is 0 Å². The molecule has 4 aromatic rings. The topological polar surface area (TPSA) is 85.8 Å². The van der Waals surface area contributed by atoms with Crippen LogP contribution in [0.5, 0.6) is 0 Å². The molecule has 166 valence electrons. The molecule has 0 aliphatic rings. The lowest BCUT2D eigenvalue weighted by Gasteiger charge is -2.05. The minimum atomic E-state index is -1.09. The lowest BCUT2D eigenvalue weighted by Crippen LogP contribution is -2.09. The predicted octanol–water partition coefficient (Wildman–Crippen LogP) is 6.21. The number of hydrogen-bond donors (Lipinski definition) is 1. The maximum absolute atomic E-state index is 12.3. The molecule has 0 aliphatic heterocycles. The molecule has 0 radical (unpaired) electrons. The first kappa shape index (κ1) is 22.8. The van der Waals surface area contributed by atoms with Crippen molar-refractivity contribution in [1.82, 2.24) is 24.5 Å². The normalized spacial score (nSPS) is 11.5. The highest BCUT2D eigenvalue weighted by Crippen LogP contribution is 2.41. The number of rotatable bonds is 6. The zero-order valence-electron chi connectivity index (χ0n) is 17.6. The molecule has 0 unspecified atom stereocenters. The fourth-order valence-electron chi connectivity index (χ4n) is 3.26. The van der Waals surface area contributed by atoms with E-state index < -0.39 is 5.97 Å². The number of nitrogens with zero attached hydrogens (tertiary/aromatic N) is 5. The quantitative estimate of drug-likeness (QED) is 0.312. The van der Waals surface area contributed by atoms with E-state index in [9.17, 15) is 9.90 Å². The van der Waals surface area contributed by atoms with Gasteiger partial charge >= 0.3 is 5.97 Å². The van der Waals surface area contributed by atoms with Crippen LogP contribution in [0.1, 0.15) is 30.0 Å². The third kappa shape index (κ3) is 4.30. The van der Waals surface area contributed by atoms with Gasteiger partial charge in [-0.05, 0) is 19.1 Å². The summed E-state index contributed by atoms with van der Waals surface area (Å²) in [5.41, 5.74) is 3.36. The summed E-state index contributed by atoms with van der Waals surface area (Å²) in [6.45, 7) is 5.95. The minimum Gasteiger partial charge on any atom is -0.476 e. The molecule has 11 heteroatoms. The van der Waals surface area contributed by atoms with Gasteiger partial charge in [0.1, 0.15) is 0 Å². The standard InChI is InChI=1S/C21H19Cl2N5O2S2/c1-10(2)31-20-17(12-5-6-14(22)15(23)7-12)25-21(32-20)28-18(19(29)30)16(11(3)26-28)13-8-24-27(4)9-13/h5-10H,1-4H3,(H,29,30). The average molecular weight is 508 g/mol. The van der Waals surface area contributed by atoms with E-state index in [0.29, 0.717) is 37.2 Å². The second-order valence-corrected chi connectivity index (χ2v) is 11.0. The van der Waals surface area contributed by atoms with Gasteiger partial charge in [0.2, 0.25) is 5.13 Å². The Balaban J connectivity index is 1.91. The van der Waals surface area contributed by atoms with Gasteiger partial charge < -0.3 is 5.11 Å². The van der Waals surface area contributed by atoms with E-state index in [1.54, 1.807) is 54.9 Å². The summed E-state index contributed by atoms with van der Waals surface area (Å²) in [5.74, 6) is -1.09. The first-order valence-electron chi connectivity index (χ1n) is 9.61. The summed E-state index contributed by atoms with van der Waals surface area (Å²) >= 11 is 15.4. The Bertz CT molecular complexity index is 1330. The largest absolute Gasteiger partial charge is 0.476 e. The van der Waals surface area contributed by atoms with Gasteiger partial charge in [0.15, 0.2) is 5.69 Å². The monoisotopic (exact) mass is 507 g/mol. The highest BCUT2D eigenvalue weighted by Gasteiger charge is 2.27. The molecule has 0 bridgehead atoms. The number of halogens is 2. The minimum absolute atomic E-state index is 0.0473. The molecule has 0 saturated carbocycles. The Morgan fingerprint density at radius 1 is 1.22 bits per heavy atom. The van der Waals surface area contributed by atoms with E-state index in [-0.39, 0.29) is 5.69 Å². The van der Waals surface area contributed by atoms with E-state index in [4.69, 9.17) is 28.2 Å². The summed E-state index contributed by atoms with van der Waals surface area (Å²) in [6, 6.07) is 5.34. The zero-order chi connectivity index (χ0) is 23.2. The van der Waals surface area contributed by atoms with Crippen molar-refractivity contribution in [3.63, 3.8) is 0 Å². The summed E-state index contributed by atoms with van der Waals surface area (Å²) in [6.07, 6.45) is 3.40. The molecule has 0 fully saturated rings. The van der Waals surface area contributed by atoms with Crippen LogP contribution in [-0.2, 0) is 7.05 Å². The molecule has 32 heavy (non-hydrogen) atoms. The molecule has 0 amide bonds. The first-order valence-corrected chi connectivity index (χ1v) is 12.1. The second-order valence-electron chi connectivity index (χ2n) is 7.36. The van der Waals surface area contributed by atoms with E-state index in [2.05, 4.69) is 24.0 Å². The fourth-order valence-corrected chi connectivity index (χ4v) is 6.04. The van der Waals surface area contributed by atoms with Crippen LogP contribution >= 0.6 is 46.3 Å². The number of carboxylic acids is 1. The molecule has 0 aliphatic carbocycles. The lowest BCUT2D eigenvalue weighted by atomic mass is 10.1. The van der Waals surface area contributed by atoms with E-state index in [1.807, 2.05) is 6.07 Å². The van der Waals surface area contributed by atoms with Crippen LogP contribution in [-0.4, -0.2) is 40.9 Å². The molecule has 1 N–H and O–H groups in total. The third-order valence-corrected chi connectivity index (χ3v) is 7.54. The van der Waals surface area contributed by atoms with Gasteiger partial charge in [-0.2, -0.15) is 14.9 Å². The van der Waals surface area contributed by atoms with Crippen LogP contribution in [0.25, 0.3) is 27.5 Å². The van der Waals surface area contributed by atoms with Crippen LogP contribution < -0.4 is 0 Å². The van der Waals surface area contributed by atoms with Crippen LogP contribution in [0.2, 0.25) is 10.0 Å². The smallest absolute Gasteiger partial charge is 0.355 e. The lowest BCUT2D eigenvalue weighted by molar-refractivity contribution is 0.0688. The maximum Gasteiger partial charge on any atom is 0.355 e. The van der Waals surface area contributed by atoms with Crippen LogP contribution in [0.15, 0.2) is 34.8 Å². The van der Waals surface area contributed by atoms with E-state index in [1.165, 1.54) is 16.0 Å². The molecule has 0 spiro atoms. The molecule has 3 aromatic heterocycles. The van der Waals surface area contributed by atoms with E-state index in [0.717, 1.165) is 15.5 Å². The van der Waals surface area contributed by atoms with Crippen molar-refractivity contribution in [2.45, 2.75) is 30.2 Å².